The number of rotatable bonds is 3. The van der Waals surface area contributed by atoms with Crippen LogP contribution >= 0.6 is 0 Å². The summed E-state index contributed by atoms with van der Waals surface area (Å²) in [6, 6.07) is 9.53. The molecule has 0 fully saturated rings. The van der Waals surface area contributed by atoms with Gasteiger partial charge in [-0.2, -0.15) is 18.3 Å². The van der Waals surface area contributed by atoms with E-state index in [1.165, 1.54) is 24.7 Å². The van der Waals surface area contributed by atoms with Crippen LogP contribution in [0.2, 0.25) is 0 Å². The number of halogens is 3. The SMILES string of the molecule is Cc1ccc(-n2ncc3c(NC(=O)Nc4cccc(C(F)(F)F)c4)ncnc32)c(C)c1. The third kappa shape index (κ3) is 4.18. The molecule has 158 valence electrons. The fraction of sp³-hybridized carbons (Fsp3) is 0.143. The highest BCUT2D eigenvalue weighted by Gasteiger charge is 2.30. The van der Waals surface area contributed by atoms with E-state index in [-0.39, 0.29) is 11.5 Å². The highest BCUT2D eigenvalue weighted by molar-refractivity contribution is 6.03. The quantitative estimate of drug-likeness (QED) is 0.478. The van der Waals surface area contributed by atoms with Gasteiger partial charge in [0.25, 0.3) is 0 Å². The number of hydrogen-bond donors (Lipinski definition) is 2. The molecule has 0 saturated carbocycles. The molecule has 4 aromatic rings. The Bertz CT molecular complexity index is 1280. The summed E-state index contributed by atoms with van der Waals surface area (Å²) >= 11 is 0. The standard InChI is InChI=1S/C21H17F3N6O/c1-12-6-7-17(13(2)8-12)30-19-16(10-27-30)18(25-11-26-19)29-20(31)28-15-5-3-4-14(9-15)21(22,23)24/h3-11H,1-2H3,(H2,25,26,28,29,31). The van der Waals surface area contributed by atoms with Crippen molar-refractivity contribution in [1.82, 2.24) is 19.7 Å². The number of fused-ring (bicyclic) bond motifs is 1. The summed E-state index contributed by atoms with van der Waals surface area (Å²) in [4.78, 5) is 20.7. The van der Waals surface area contributed by atoms with Gasteiger partial charge in [-0.25, -0.2) is 19.4 Å². The normalized spacial score (nSPS) is 11.5. The molecule has 0 bridgehead atoms. The molecule has 0 saturated heterocycles. The summed E-state index contributed by atoms with van der Waals surface area (Å²) in [6.45, 7) is 3.95. The number of carbonyl (C=O) groups is 1. The molecule has 2 aromatic carbocycles. The van der Waals surface area contributed by atoms with E-state index in [0.717, 1.165) is 28.9 Å². The molecule has 0 radical (unpaired) electrons. The summed E-state index contributed by atoms with van der Waals surface area (Å²) in [6.07, 6.45) is -1.70. The monoisotopic (exact) mass is 426 g/mol. The summed E-state index contributed by atoms with van der Waals surface area (Å²) in [5.41, 5.74) is 2.57. The van der Waals surface area contributed by atoms with Crippen LogP contribution in [-0.2, 0) is 6.18 Å². The van der Waals surface area contributed by atoms with Crippen molar-refractivity contribution in [3.8, 4) is 5.69 Å². The molecule has 10 heteroatoms. The largest absolute Gasteiger partial charge is 0.416 e. The van der Waals surface area contributed by atoms with E-state index in [2.05, 4.69) is 25.7 Å². The second kappa shape index (κ2) is 7.71. The molecule has 0 aliphatic carbocycles. The third-order valence-corrected chi connectivity index (χ3v) is 4.63. The van der Waals surface area contributed by atoms with E-state index in [4.69, 9.17) is 0 Å². The van der Waals surface area contributed by atoms with Gasteiger partial charge in [0.05, 0.1) is 22.8 Å². The number of aryl methyl sites for hydroxylation is 2. The van der Waals surface area contributed by atoms with Gasteiger partial charge < -0.3 is 5.32 Å². The first kappa shape index (κ1) is 20.3. The van der Waals surface area contributed by atoms with Crippen LogP contribution in [0.15, 0.2) is 55.0 Å². The number of aromatic nitrogens is 4. The minimum absolute atomic E-state index is 0.00333. The zero-order valence-electron chi connectivity index (χ0n) is 16.5. The second-order valence-electron chi connectivity index (χ2n) is 6.96. The molecule has 7 nitrogen and oxygen atoms in total. The highest BCUT2D eigenvalue weighted by Crippen LogP contribution is 2.31. The third-order valence-electron chi connectivity index (χ3n) is 4.63. The second-order valence-corrected chi connectivity index (χ2v) is 6.96. The fourth-order valence-corrected chi connectivity index (χ4v) is 3.21. The van der Waals surface area contributed by atoms with E-state index >= 15 is 0 Å². The van der Waals surface area contributed by atoms with Crippen molar-refractivity contribution in [2.24, 2.45) is 0 Å². The van der Waals surface area contributed by atoms with Crippen molar-refractivity contribution in [3.63, 3.8) is 0 Å². The minimum Gasteiger partial charge on any atom is -0.308 e. The lowest BCUT2D eigenvalue weighted by molar-refractivity contribution is -0.137. The topological polar surface area (TPSA) is 84.7 Å². The van der Waals surface area contributed by atoms with Crippen LogP contribution < -0.4 is 10.6 Å². The van der Waals surface area contributed by atoms with E-state index in [1.807, 2.05) is 32.0 Å². The Labute approximate surface area is 174 Å². The Hall–Kier alpha value is -3.95. The maximum Gasteiger partial charge on any atom is 0.416 e. The number of carbonyl (C=O) groups excluding carboxylic acids is 1. The number of hydrogen-bond acceptors (Lipinski definition) is 4. The Balaban J connectivity index is 1.60. The molecule has 0 aliphatic heterocycles. The molecular weight excluding hydrogens is 409 g/mol. The molecule has 2 heterocycles. The fourth-order valence-electron chi connectivity index (χ4n) is 3.21. The molecule has 0 spiro atoms. The first-order chi connectivity index (χ1) is 14.7. The van der Waals surface area contributed by atoms with Gasteiger partial charge in [-0.15, -0.1) is 0 Å². The van der Waals surface area contributed by atoms with Crippen molar-refractivity contribution >= 4 is 28.6 Å². The molecule has 0 atom stereocenters. The number of amides is 2. The van der Waals surface area contributed by atoms with Crippen LogP contribution in [0.4, 0.5) is 29.5 Å². The number of urea groups is 1. The lowest BCUT2D eigenvalue weighted by Gasteiger charge is -2.11. The average molecular weight is 426 g/mol. The predicted molar refractivity (Wildman–Crippen MR) is 110 cm³/mol. The summed E-state index contributed by atoms with van der Waals surface area (Å²) in [5.74, 6) is 0.186. The van der Waals surface area contributed by atoms with Crippen LogP contribution in [0.1, 0.15) is 16.7 Å². The first-order valence-electron chi connectivity index (χ1n) is 9.24. The number of alkyl halides is 3. The molecule has 2 aromatic heterocycles. The van der Waals surface area contributed by atoms with Gasteiger partial charge in [-0.05, 0) is 43.7 Å². The maximum atomic E-state index is 12.9. The van der Waals surface area contributed by atoms with Gasteiger partial charge in [-0.1, -0.05) is 23.8 Å². The zero-order chi connectivity index (χ0) is 22.2. The molecule has 31 heavy (non-hydrogen) atoms. The van der Waals surface area contributed by atoms with E-state index in [9.17, 15) is 18.0 Å². The molecule has 4 rings (SSSR count). The van der Waals surface area contributed by atoms with Crippen LogP contribution in [0, 0.1) is 13.8 Å². The van der Waals surface area contributed by atoms with Crippen LogP contribution in [-0.4, -0.2) is 25.8 Å². The average Bonchev–Trinajstić information content (AvgIpc) is 3.12. The number of anilines is 2. The van der Waals surface area contributed by atoms with Crippen molar-refractivity contribution < 1.29 is 18.0 Å². The molecule has 0 unspecified atom stereocenters. The van der Waals surface area contributed by atoms with Crippen LogP contribution in [0.5, 0.6) is 0 Å². The van der Waals surface area contributed by atoms with Gasteiger partial charge in [0.2, 0.25) is 0 Å². The Morgan fingerprint density at radius 1 is 1.03 bits per heavy atom. The number of nitrogens with one attached hydrogen (secondary N) is 2. The summed E-state index contributed by atoms with van der Waals surface area (Å²) in [7, 11) is 0. The molecule has 2 amide bonds. The smallest absolute Gasteiger partial charge is 0.308 e. The van der Waals surface area contributed by atoms with E-state index < -0.39 is 17.8 Å². The molecular formula is C21H17F3N6O. The van der Waals surface area contributed by atoms with Crippen molar-refractivity contribution in [2.45, 2.75) is 20.0 Å². The first-order valence-corrected chi connectivity index (χ1v) is 9.24. The van der Waals surface area contributed by atoms with Crippen LogP contribution in [0.25, 0.3) is 16.7 Å². The lowest BCUT2D eigenvalue weighted by Crippen LogP contribution is -2.20. The van der Waals surface area contributed by atoms with Crippen molar-refractivity contribution in [3.05, 3.63) is 71.7 Å². The Morgan fingerprint density at radius 2 is 1.84 bits per heavy atom. The lowest BCUT2D eigenvalue weighted by atomic mass is 10.1. The molecule has 2 N–H and O–H groups in total. The van der Waals surface area contributed by atoms with Gasteiger partial charge in [0.15, 0.2) is 5.65 Å². The summed E-state index contributed by atoms with van der Waals surface area (Å²) < 4.78 is 40.2. The number of benzene rings is 2. The predicted octanol–water partition coefficient (Wildman–Crippen LogP) is 5.10. The van der Waals surface area contributed by atoms with Crippen molar-refractivity contribution in [1.29, 1.82) is 0 Å². The zero-order valence-corrected chi connectivity index (χ0v) is 16.5. The van der Waals surface area contributed by atoms with Gasteiger partial charge >= 0.3 is 12.2 Å². The van der Waals surface area contributed by atoms with Gasteiger partial charge in [0.1, 0.15) is 12.1 Å². The maximum absolute atomic E-state index is 12.9. The number of nitrogens with zero attached hydrogens (tertiary/aromatic N) is 4. The molecule has 0 aliphatic rings. The van der Waals surface area contributed by atoms with Crippen molar-refractivity contribution in [2.75, 3.05) is 10.6 Å². The minimum atomic E-state index is -4.50. The highest BCUT2D eigenvalue weighted by atomic mass is 19.4. The van der Waals surface area contributed by atoms with Gasteiger partial charge in [0, 0.05) is 5.69 Å². The summed E-state index contributed by atoms with van der Waals surface area (Å²) in [5, 5.41) is 9.78. The van der Waals surface area contributed by atoms with E-state index in [1.54, 1.807) is 4.68 Å². The van der Waals surface area contributed by atoms with E-state index in [0.29, 0.717) is 11.0 Å². The van der Waals surface area contributed by atoms with Gasteiger partial charge in [-0.3, -0.25) is 5.32 Å². The van der Waals surface area contributed by atoms with Crippen LogP contribution in [0.3, 0.4) is 0 Å². The Kier molecular flexibility index (Phi) is 5.05. The Morgan fingerprint density at radius 3 is 2.58 bits per heavy atom.